The van der Waals surface area contributed by atoms with Crippen molar-refractivity contribution in [1.29, 1.82) is 0 Å². The number of hydrogen-bond donors (Lipinski definition) is 1. The number of nitrogens with one attached hydrogen (secondary N) is 1. The van der Waals surface area contributed by atoms with Crippen molar-refractivity contribution in [3.8, 4) is 5.69 Å². The lowest BCUT2D eigenvalue weighted by atomic mass is 9.68. The van der Waals surface area contributed by atoms with Gasteiger partial charge in [0.15, 0.2) is 0 Å². The number of carbonyl (C=O) groups excluding carboxylic acids is 1. The Morgan fingerprint density at radius 2 is 2.06 bits per heavy atom. The fraction of sp³-hybridized carbons (Fsp3) is 0.370. The van der Waals surface area contributed by atoms with Crippen LogP contribution in [0.3, 0.4) is 0 Å². The van der Waals surface area contributed by atoms with Crippen LogP contribution < -0.4 is 5.32 Å². The SMILES string of the molecule is CCC(=O)NC(C[C@H]1CCC2=Cc3c(cnn3-c3cccnc3)C[C@@]21C)c1ccccc1. The molecule has 1 N–H and O–H groups in total. The quantitative estimate of drug-likeness (QED) is 0.583. The van der Waals surface area contributed by atoms with Crippen LogP contribution in [0, 0.1) is 11.3 Å². The number of allylic oxidation sites excluding steroid dienone is 1. The average Bonchev–Trinajstić information content (AvgIpc) is 3.37. The molecule has 164 valence electrons. The van der Waals surface area contributed by atoms with Gasteiger partial charge in [-0.15, -0.1) is 0 Å². The Morgan fingerprint density at radius 1 is 1.22 bits per heavy atom. The lowest BCUT2D eigenvalue weighted by Crippen LogP contribution is -2.34. The minimum atomic E-state index is 0.0457. The van der Waals surface area contributed by atoms with E-state index in [1.54, 1.807) is 6.20 Å². The molecule has 0 saturated heterocycles. The molecule has 2 heterocycles. The van der Waals surface area contributed by atoms with Crippen molar-refractivity contribution in [2.75, 3.05) is 0 Å². The highest BCUT2D eigenvalue weighted by molar-refractivity contribution is 5.76. The number of amides is 1. The molecule has 0 radical (unpaired) electrons. The summed E-state index contributed by atoms with van der Waals surface area (Å²) >= 11 is 0. The van der Waals surface area contributed by atoms with Gasteiger partial charge in [0, 0.05) is 12.6 Å². The maximum Gasteiger partial charge on any atom is 0.220 e. The largest absolute Gasteiger partial charge is 0.349 e. The third-order valence-electron chi connectivity index (χ3n) is 7.42. The summed E-state index contributed by atoms with van der Waals surface area (Å²) in [6, 6.07) is 14.4. The first-order valence-corrected chi connectivity index (χ1v) is 11.6. The van der Waals surface area contributed by atoms with E-state index in [0.717, 1.165) is 31.4 Å². The molecule has 0 spiro atoms. The second-order valence-electron chi connectivity index (χ2n) is 9.30. The van der Waals surface area contributed by atoms with Crippen LogP contribution >= 0.6 is 0 Å². The Balaban J connectivity index is 1.43. The topological polar surface area (TPSA) is 59.8 Å². The van der Waals surface area contributed by atoms with Crippen molar-refractivity contribution in [3.63, 3.8) is 0 Å². The van der Waals surface area contributed by atoms with E-state index >= 15 is 0 Å². The van der Waals surface area contributed by atoms with Crippen LogP contribution in [-0.2, 0) is 11.2 Å². The third-order valence-corrected chi connectivity index (χ3v) is 7.42. The van der Waals surface area contributed by atoms with E-state index in [-0.39, 0.29) is 17.4 Å². The smallest absolute Gasteiger partial charge is 0.220 e. The first-order valence-electron chi connectivity index (χ1n) is 11.6. The van der Waals surface area contributed by atoms with E-state index in [9.17, 15) is 4.79 Å². The summed E-state index contributed by atoms with van der Waals surface area (Å²) in [6.45, 7) is 4.32. The van der Waals surface area contributed by atoms with Crippen molar-refractivity contribution in [3.05, 3.63) is 83.4 Å². The second kappa shape index (κ2) is 8.38. The van der Waals surface area contributed by atoms with Gasteiger partial charge in [-0.1, -0.05) is 49.8 Å². The zero-order valence-electron chi connectivity index (χ0n) is 18.8. The van der Waals surface area contributed by atoms with Gasteiger partial charge in [0.25, 0.3) is 0 Å². The molecule has 5 rings (SSSR count). The van der Waals surface area contributed by atoms with Crippen molar-refractivity contribution >= 4 is 12.0 Å². The molecule has 5 nitrogen and oxygen atoms in total. The van der Waals surface area contributed by atoms with Crippen LogP contribution in [0.2, 0.25) is 0 Å². The fourth-order valence-electron chi connectivity index (χ4n) is 5.54. The first-order chi connectivity index (χ1) is 15.6. The zero-order chi connectivity index (χ0) is 22.1. The van der Waals surface area contributed by atoms with E-state index in [1.165, 1.54) is 22.4 Å². The van der Waals surface area contributed by atoms with Crippen molar-refractivity contribution in [2.24, 2.45) is 11.3 Å². The molecule has 2 aromatic heterocycles. The molecule has 3 aromatic rings. The predicted molar refractivity (Wildman–Crippen MR) is 126 cm³/mol. The summed E-state index contributed by atoms with van der Waals surface area (Å²) in [6.07, 6.45) is 12.7. The number of hydrogen-bond acceptors (Lipinski definition) is 3. The molecule has 1 aromatic carbocycles. The number of carbonyl (C=O) groups is 1. The number of rotatable bonds is 6. The van der Waals surface area contributed by atoms with Gasteiger partial charge in [-0.05, 0) is 66.4 Å². The van der Waals surface area contributed by atoms with Crippen LogP contribution in [0.25, 0.3) is 11.8 Å². The Kier molecular flexibility index (Phi) is 5.41. The lowest BCUT2D eigenvalue weighted by molar-refractivity contribution is -0.121. The molecule has 1 amide bonds. The highest BCUT2D eigenvalue weighted by Crippen LogP contribution is 2.55. The molecular formula is C27H30N4O. The summed E-state index contributed by atoms with van der Waals surface area (Å²) in [5.41, 5.74) is 6.27. The Hall–Kier alpha value is -3.21. The first kappa shape index (κ1) is 20.7. The molecule has 5 heteroatoms. The summed E-state index contributed by atoms with van der Waals surface area (Å²) in [4.78, 5) is 16.6. The van der Waals surface area contributed by atoms with Crippen molar-refractivity contribution in [2.45, 2.75) is 52.0 Å². The molecule has 0 bridgehead atoms. The lowest BCUT2D eigenvalue weighted by Gasteiger charge is -2.37. The second-order valence-corrected chi connectivity index (χ2v) is 9.30. The third kappa shape index (κ3) is 3.66. The monoisotopic (exact) mass is 426 g/mol. The average molecular weight is 427 g/mol. The molecule has 1 saturated carbocycles. The molecule has 0 aliphatic heterocycles. The molecule has 1 unspecified atom stereocenters. The zero-order valence-corrected chi connectivity index (χ0v) is 18.8. The van der Waals surface area contributed by atoms with E-state index in [4.69, 9.17) is 0 Å². The van der Waals surface area contributed by atoms with Crippen LogP contribution in [-0.4, -0.2) is 20.7 Å². The maximum atomic E-state index is 12.3. The Bertz CT molecular complexity index is 1130. The van der Waals surface area contributed by atoms with Crippen LogP contribution in [0.4, 0.5) is 0 Å². The van der Waals surface area contributed by atoms with Gasteiger partial charge < -0.3 is 5.32 Å². The molecule has 1 fully saturated rings. The minimum absolute atomic E-state index is 0.0457. The van der Waals surface area contributed by atoms with E-state index in [0.29, 0.717) is 12.3 Å². The van der Waals surface area contributed by atoms with Crippen LogP contribution in [0.5, 0.6) is 0 Å². The molecule has 32 heavy (non-hydrogen) atoms. The van der Waals surface area contributed by atoms with E-state index < -0.39 is 0 Å². The van der Waals surface area contributed by atoms with Crippen LogP contribution in [0.1, 0.15) is 62.4 Å². The van der Waals surface area contributed by atoms with E-state index in [2.05, 4.69) is 52.7 Å². The van der Waals surface area contributed by atoms with Crippen LogP contribution in [0.15, 0.2) is 66.6 Å². The highest BCUT2D eigenvalue weighted by Gasteiger charge is 2.46. The predicted octanol–water partition coefficient (Wildman–Crippen LogP) is 5.28. The van der Waals surface area contributed by atoms with Gasteiger partial charge in [0.1, 0.15) is 0 Å². The van der Waals surface area contributed by atoms with Crippen molar-refractivity contribution < 1.29 is 4.79 Å². The van der Waals surface area contributed by atoms with Gasteiger partial charge in [0.05, 0.1) is 29.8 Å². The Morgan fingerprint density at radius 3 is 2.81 bits per heavy atom. The Labute approximate surface area is 189 Å². The van der Waals surface area contributed by atoms with Gasteiger partial charge in [-0.3, -0.25) is 9.78 Å². The fourth-order valence-corrected chi connectivity index (χ4v) is 5.54. The normalized spacial score (nSPS) is 22.6. The standard InChI is InChI=1S/C27H30N4O/c1-3-26(32)30-24(19-8-5-4-6-9-19)14-21-11-12-22-15-25-20(16-27(21,22)2)17-29-31(25)23-10-7-13-28-18-23/h4-10,13,15,17-18,21,24H,3,11-12,14,16H2,1-2H3,(H,30,32)/t21-,24?,27-/m1/s1. The van der Waals surface area contributed by atoms with Crippen molar-refractivity contribution in [1.82, 2.24) is 20.1 Å². The van der Waals surface area contributed by atoms with E-state index in [1.807, 2.05) is 42.2 Å². The maximum absolute atomic E-state index is 12.3. The minimum Gasteiger partial charge on any atom is -0.349 e. The summed E-state index contributed by atoms with van der Waals surface area (Å²) < 4.78 is 2.01. The number of nitrogens with zero attached hydrogens (tertiary/aromatic N) is 3. The molecule has 2 aliphatic carbocycles. The summed E-state index contributed by atoms with van der Waals surface area (Å²) in [5.74, 6) is 0.618. The van der Waals surface area contributed by atoms with Gasteiger partial charge in [-0.2, -0.15) is 5.10 Å². The highest BCUT2D eigenvalue weighted by atomic mass is 16.1. The number of benzene rings is 1. The molecule has 3 atom stereocenters. The summed E-state index contributed by atoms with van der Waals surface area (Å²) in [5, 5.41) is 7.97. The van der Waals surface area contributed by atoms with Gasteiger partial charge >= 0.3 is 0 Å². The molecule has 2 aliphatic rings. The molecular weight excluding hydrogens is 396 g/mol. The number of aromatic nitrogens is 3. The van der Waals surface area contributed by atoms with Gasteiger partial charge in [-0.25, -0.2) is 4.68 Å². The number of pyridine rings is 1. The summed E-state index contributed by atoms with van der Waals surface area (Å²) in [7, 11) is 0. The van der Waals surface area contributed by atoms with Gasteiger partial charge in [0.2, 0.25) is 5.91 Å². The number of fused-ring (bicyclic) bond motifs is 2.